The van der Waals surface area contributed by atoms with E-state index in [1.165, 1.54) is 20.4 Å². The van der Waals surface area contributed by atoms with Gasteiger partial charge in [-0.15, -0.1) is 10.2 Å². The van der Waals surface area contributed by atoms with Crippen LogP contribution in [-0.2, 0) is 4.74 Å². The van der Waals surface area contributed by atoms with Crippen LogP contribution in [0.15, 0.2) is 49.1 Å². The zero-order chi connectivity index (χ0) is 27.2. The van der Waals surface area contributed by atoms with E-state index in [1.807, 2.05) is 12.1 Å². The smallest absolute Gasteiger partial charge is 0.273 e. The Hall–Kier alpha value is -4.98. The van der Waals surface area contributed by atoms with Crippen LogP contribution >= 0.6 is 0 Å². The third-order valence-corrected chi connectivity index (χ3v) is 5.84. The van der Waals surface area contributed by atoms with E-state index in [1.54, 1.807) is 18.3 Å². The maximum Gasteiger partial charge on any atom is 0.273 e. The molecule has 1 saturated heterocycles. The summed E-state index contributed by atoms with van der Waals surface area (Å²) >= 11 is 0. The van der Waals surface area contributed by atoms with Crippen LogP contribution in [0.5, 0.6) is 5.75 Å². The Morgan fingerprint density at radius 1 is 1.00 bits per heavy atom. The van der Waals surface area contributed by atoms with Crippen LogP contribution in [0.25, 0.3) is 11.4 Å². The largest absolute Gasteiger partial charge is 0.492 e. The highest BCUT2D eigenvalue weighted by Gasteiger charge is 2.20. The summed E-state index contributed by atoms with van der Waals surface area (Å²) < 4.78 is 24.3. The molecule has 4 aromatic heterocycles. The molecule has 14 heteroatoms. The van der Waals surface area contributed by atoms with Crippen LogP contribution in [0, 0.1) is 5.82 Å². The minimum absolute atomic E-state index is 0.0333. The molecule has 1 fully saturated rings. The number of carbonyl (C=O) groups is 1. The SMILES string of the molecule is CNC(=O)c1nnc(Nc2ccc(N3CCOCC3)cn2)cc1Nc1nccc(-c2ncc(F)cn2)c1OC. The summed E-state index contributed by atoms with van der Waals surface area (Å²) in [5.41, 5.74) is 1.81. The Bertz CT molecular complexity index is 1450. The van der Waals surface area contributed by atoms with E-state index in [0.717, 1.165) is 31.2 Å². The van der Waals surface area contributed by atoms with Gasteiger partial charge in [0.1, 0.15) is 5.82 Å². The van der Waals surface area contributed by atoms with Crippen molar-refractivity contribution in [2.45, 2.75) is 0 Å². The third kappa shape index (κ3) is 5.80. The number of carbonyl (C=O) groups excluding carboxylic acids is 1. The van der Waals surface area contributed by atoms with Gasteiger partial charge in [-0.05, 0) is 18.2 Å². The number of methoxy groups -OCH3 is 1. The number of rotatable bonds is 8. The van der Waals surface area contributed by atoms with Gasteiger partial charge in [-0.3, -0.25) is 4.79 Å². The predicted octanol–water partition coefficient (Wildman–Crippen LogP) is 2.55. The lowest BCUT2D eigenvalue weighted by atomic mass is 10.2. The number of pyridine rings is 2. The predicted molar refractivity (Wildman–Crippen MR) is 141 cm³/mol. The summed E-state index contributed by atoms with van der Waals surface area (Å²) in [7, 11) is 2.95. The van der Waals surface area contributed by atoms with Gasteiger partial charge in [0.25, 0.3) is 5.91 Å². The number of morpholine rings is 1. The topological polar surface area (TPSA) is 152 Å². The molecule has 1 aliphatic rings. The van der Waals surface area contributed by atoms with Gasteiger partial charge in [0, 0.05) is 32.4 Å². The normalized spacial score (nSPS) is 13.1. The molecule has 5 heterocycles. The second-order valence-electron chi connectivity index (χ2n) is 8.29. The summed E-state index contributed by atoms with van der Waals surface area (Å²) in [5.74, 6) is 0.667. The molecule has 0 saturated carbocycles. The number of amides is 1. The van der Waals surface area contributed by atoms with Gasteiger partial charge >= 0.3 is 0 Å². The van der Waals surface area contributed by atoms with Crippen molar-refractivity contribution in [1.29, 1.82) is 0 Å². The Morgan fingerprint density at radius 3 is 2.49 bits per heavy atom. The van der Waals surface area contributed by atoms with Crippen molar-refractivity contribution in [3.8, 4) is 17.1 Å². The zero-order valence-corrected chi connectivity index (χ0v) is 21.2. The average Bonchev–Trinajstić information content (AvgIpc) is 2.98. The number of hydrogen-bond acceptors (Lipinski definition) is 12. The first kappa shape index (κ1) is 25.7. The number of anilines is 5. The Balaban J connectivity index is 1.43. The molecule has 0 bridgehead atoms. The molecular weight excluding hydrogens is 507 g/mol. The number of nitrogens with one attached hydrogen (secondary N) is 3. The lowest BCUT2D eigenvalue weighted by Gasteiger charge is -2.28. The Kier molecular flexibility index (Phi) is 7.63. The summed E-state index contributed by atoms with van der Waals surface area (Å²) in [6.07, 6.45) is 5.41. The Morgan fingerprint density at radius 2 is 1.79 bits per heavy atom. The number of nitrogens with zero attached hydrogens (tertiary/aromatic N) is 7. The molecule has 4 aromatic rings. The van der Waals surface area contributed by atoms with E-state index in [4.69, 9.17) is 9.47 Å². The second-order valence-corrected chi connectivity index (χ2v) is 8.29. The molecule has 3 N–H and O–H groups in total. The molecule has 0 aliphatic carbocycles. The van der Waals surface area contributed by atoms with Gasteiger partial charge in [-0.25, -0.2) is 24.3 Å². The van der Waals surface area contributed by atoms with Crippen molar-refractivity contribution in [3.05, 3.63) is 60.6 Å². The van der Waals surface area contributed by atoms with Gasteiger partial charge in [-0.1, -0.05) is 0 Å². The van der Waals surface area contributed by atoms with Gasteiger partial charge < -0.3 is 30.3 Å². The van der Waals surface area contributed by atoms with Crippen LogP contribution in [0.3, 0.4) is 0 Å². The van der Waals surface area contributed by atoms with Gasteiger partial charge in [0.15, 0.2) is 34.7 Å². The highest BCUT2D eigenvalue weighted by Crippen LogP contribution is 2.35. The summed E-state index contributed by atoms with van der Waals surface area (Å²) in [4.78, 5) is 31.6. The van der Waals surface area contributed by atoms with Gasteiger partial charge in [0.2, 0.25) is 0 Å². The first-order chi connectivity index (χ1) is 19.1. The van der Waals surface area contributed by atoms with Crippen molar-refractivity contribution >= 4 is 34.7 Å². The minimum Gasteiger partial charge on any atom is -0.492 e. The monoisotopic (exact) mass is 532 g/mol. The summed E-state index contributed by atoms with van der Waals surface area (Å²) in [6.45, 7) is 2.98. The van der Waals surface area contributed by atoms with E-state index in [2.05, 4.69) is 51.0 Å². The number of ether oxygens (including phenoxy) is 2. The van der Waals surface area contributed by atoms with Crippen molar-refractivity contribution in [2.24, 2.45) is 0 Å². The molecule has 0 spiro atoms. The first-order valence-corrected chi connectivity index (χ1v) is 12.0. The third-order valence-electron chi connectivity index (χ3n) is 5.84. The Labute approximate surface area is 222 Å². The fourth-order valence-corrected chi connectivity index (χ4v) is 3.93. The molecule has 0 unspecified atom stereocenters. The van der Waals surface area contributed by atoms with Crippen molar-refractivity contribution in [2.75, 3.05) is 56.0 Å². The summed E-state index contributed by atoms with van der Waals surface area (Å²) in [5, 5.41) is 17.0. The standard InChI is InChI=1S/C25H25FN10O3/c1-27-25(37)21-18(32-24-22(38-2)17(5-6-28-24)23-30-12-15(26)13-31-23)11-20(34-35-21)33-19-4-3-16(14-29-19)36-7-9-39-10-8-36/h3-6,11-14H,7-10H2,1-2H3,(H,27,37)(H2,28,29,32,33,34). The van der Waals surface area contributed by atoms with Crippen molar-refractivity contribution in [3.63, 3.8) is 0 Å². The summed E-state index contributed by atoms with van der Waals surface area (Å²) in [6, 6.07) is 7.05. The van der Waals surface area contributed by atoms with Gasteiger partial charge in [-0.2, -0.15) is 0 Å². The zero-order valence-electron chi connectivity index (χ0n) is 21.2. The first-order valence-electron chi connectivity index (χ1n) is 12.0. The molecular formula is C25H25FN10O3. The van der Waals surface area contributed by atoms with E-state index in [9.17, 15) is 9.18 Å². The molecule has 39 heavy (non-hydrogen) atoms. The maximum absolute atomic E-state index is 13.4. The number of aromatic nitrogens is 6. The van der Waals surface area contributed by atoms with Crippen LogP contribution in [-0.4, -0.2) is 76.5 Å². The van der Waals surface area contributed by atoms with Crippen molar-refractivity contribution < 1.29 is 18.7 Å². The van der Waals surface area contributed by atoms with Crippen LogP contribution in [0.1, 0.15) is 10.5 Å². The van der Waals surface area contributed by atoms with E-state index in [-0.39, 0.29) is 17.3 Å². The molecule has 5 rings (SSSR count). The quantitative estimate of drug-likeness (QED) is 0.306. The molecule has 13 nitrogen and oxygen atoms in total. The minimum atomic E-state index is -0.562. The van der Waals surface area contributed by atoms with Crippen molar-refractivity contribution in [1.82, 2.24) is 35.5 Å². The fourth-order valence-electron chi connectivity index (χ4n) is 3.93. The van der Waals surface area contributed by atoms with Crippen LogP contribution in [0.4, 0.5) is 33.2 Å². The lowest BCUT2D eigenvalue weighted by molar-refractivity contribution is 0.0958. The average molecular weight is 533 g/mol. The molecule has 1 amide bonds. The van der Waals surface area contributed by atoms with Crippen LogP contribution < -0.4 is 25.6 Å². The van der Waals surface area contributed by atoms with Crippen LogP contribution in [0.2, 0.25) is 0 Å². The van der Waals surface area contributed by atoms with E-state index in [0.29, 0.717) is 41.8 Å². The highest BCUT2D eigenvalue weighted by atomic mass is 19.1. The van der Waals surface area contributed by atoms with Gasteiger partial charge in [0.05, 0.1) is 55.9 Å². The molecule has 0 aromatic carbocycles. The molecule has 0 radical (unpaired) electrons. The molecule has 1 aliphatic heterocycles. The van der Waals surface area contributed by atoms with E-state index < -0.39 is 11.7 Å². The maximum atomic E-state index is 13.4. The molecule has 0 atom stereocenters. The fraction of sp³-hybridized carbons (Fsp3) is 0.240. The number of hydrogen-bond donors (Lipinski definition) is 3. The molecule has 200 valence electrons. The second kappa shape index (κ2) is 11.6. The number of halogens is 1. The highest BCUT2D eigenvalue weighted by molar-refractivity contribution is 5.98. The lowest BCUT2D eigenvalue weighted by Crippen LogP contribution is -2.36. The van der Waals surface area contributed by atoms with E-state index >= 15 is 0 Å².